The average molecular weight is 774 g/mol. The smallest absolute Gasteiger partial charge is 0.254 e. The van der Waals surface area contributed by atoms with Crippen molar-refractivity contribution in [2.24, 2.45) is 16.7 Å². The van der Waals surface area contributed by atoms with Crippen LogP contribution in [0.3, 0.4) is 0 Å². The van der Waals surface area contributed by atoms with Crippen LogP contribution in [0, 0.1) is 16.7 Å². The minimum Gasteiger partial charge on any atom is -0.355 e. The topological polar surface area (TPSA) is 128 Å². The zero-order valence-electron chi connectivity index (χ0n) is 34.5. The Balaban J connectivity index is 1.37. The van der Waals surface area contributed by atoms with E-state index >= 15 is 0 Å². The highest BCUT2D eigenvalue weighted by molar-refractivity contribution is 5.98. The fourth-order valence-electron chi connectivity index (χ4n) is 8.21. The van der Waals surface area contributed by atoms with E-state index in [1.165, 1.54) is 0 Å². The van der Waals surface area contributed by atoms with Crippen molar-refractivity contribution in [3.8, 4) is 0 Å². The number of likely N-dealkylation sites (tertiary alicyclic amines) is 1. The number of benzene rings is 4. The highest BCUT2D eigenvalue weighted by Crippen LogP contribution is 2.30. The Bertz CT molecular complexity index is 2030. The highest BCUT2D eigenvalue weighted by atomic mass is 16.2. The number of carbonyl (C=O) groups is 5. The van der Waals surface area contributed by atoms with Crippen molar-refractivity contribution in [1.29, 1.82) is 0 Å². The molecule has 4 aromatic rings. The molecule has 0 spiro atoms. The molecule has 0 bridgehead atoms. The SMILES string of the molecule is CNC(C(=O)N1CC(NC(=O)c2ccc(C(=O)N(Cc3ccc4ccccc4c3)CC(Cc3ccccc3CNC=O)CC(C)(C)C)cc2)CC1C=O)C(C)(C)C. The lowest BCUT2D eigenvalue weighted by molar-refractivity contribution is -0.138. The monoisotopic (exact) mass is 773 g/mol. The van der Waals surface area contributed by atoms with Gasteiger partial charge in [-0.15, -0.1) is 0 Å². The van der Waals surface area contributed by atoms with E-state index in [2.05, 4.69) is 73.1 Å². The summed E-state index contributed by atoms with van der Waals surface area (Å²) in [6.07, 6.45) is 3.42. The van der Waals surface area contributed by atoms with Crippen molar-refractivity contribution >= 4 is 41.2 Å². The second-order valence-electron chi connectivity index (χ2n) is 17.7. The number of nitrogens with zero attached hydrogens (tertiary/aromatic N) is 2. The third-order valence-corrected chi connectivity index (χ3v) is 10.8. The third-order valence-electron chi connectivity index (χ3n) is 10.8. The summed E-state index contributed by atoms with van der Waals surface area (Å²) in [6, 6.07) is 27.8. The second-order valence-corrected chi connectivity index (χ2v) is 17.7. The van der Waals surface area contributed by atoms with Crippen LogP contribution in [0.5, 0.6) is 0 Å². The summed E-state index contributed by atoms with van der Waals surface area (Å²) < 4.78 is 0. The molecule has 4 atom stereocenters. The Labute approximate surface area is 337 Å². The van der Waals surface area contributed by atoms with Gasteiger partial charge < -0.3 is 30.5 Å². The van der Waals surface area contributed by atoms with Crippen molar-refractivity contribution in [3.05, 3.63) is 119 Å². The molecule has 0 saturated carbocycles. The molecule has 0 aromatic heterocycles. The van der Waals surface area contributed by atoms with Crippen molar-refractivity contribution < 1.29 is 24.0 Å². The van der Waals surface area contributed by atoms with Gasteiger partial charge in [0.1, 0.15) is 6.29 Å². The number of fused-ring (bicyclic) bond motifs is 1. The number of rotatable bonds is 16. The molecule has 0 radical (unpaired) electrons. The lowest BCUT2D eigenvalue weighted by atomic mass is 9.81. The Hall–Kier alpha value is -5.35. The van der Waals surface area contributed by atoms with Gasteiger partial charge in [-0.2, -0.15) is 0 Å². The first-order chi connectivity index (χ1) is 27.1. The van der Waals surface area contributed by atoms with E-state index in [-0.39, 0.29) is 41.0 Å². The first-order valence-electron chi connectivity index (χ1n) is 19.9. The summed E-state index contributed by atoms with van der Waals surface area (Å²) in [5.74, 6) is -0.531. The minimum absolute atomic E-state index is 0.0100. The predicted octanol–water partition coefficient (Wildman–Crippen LogP) is 6.56. The number of likely N-dealkylation sites (N-methyl/N-ethyl adjacent to an activating group) is 1. The van der Waals surface area contributed by atoms with Gasteiger partial charge in [-0.05, 0) is 101 Å². The fourth-order valence-corrected chi connectivity index (χ4v) is 8.21. The second kappa shape index (κ2) is 18.7. The molecular formula is C47H59N5O5. The summed E-state index contributed by atoms with van der Waals surface area (Å²) in [5.41, 5.74) is 3.69. The van der Waals surface area contributed by atoms with Gasteiger partial charge in [0.15, 0.2) is 0 Å². The lowest BCUT2D eigenvalue weighted by Crippen LogP contribution is -2.53. The lowest BCUT2D eigenvalue weighted by Gasteiger charge is -2.34. The minimum atomic E-state index is -0.627. The van der Waals surface area contributed by atoms with Gasteiger partial charge in [0.25, 0.3) is 11.8 Å². The van der Waals surface area contributed by atoms with Crippen molar-refractivity contribution in [3.63, 3.8) is 0 Å². The fraction of sp³-hybridized carbons (Fsp3) is 0.426. The molecule has 1 fully saturated rings. The molecule has 10 heteroatoms. The van der Waals surface area contributed by atoms with Gasteiger partial charge in [-0.3, -0.25) is 19.2 Å². The molecular weight excluding hydrogens is 715 g/mol. The number of nitrogens with one attached hydrogen (secondary N) is 3. The summed E-state index contributed by atoms with van der Waals surface area (Å²) >= 11 is 0. The molecule has 302 valence electrons. The molecule has 4 amide bonds. The van der Waals surface area contributed by atoms with Crippen molar-refractivity contribution in [2.75, 3.05) is 20.1 Å². The molecule has 10 nitrogen and oxygen atoms in total. The van der Waals surface area contributed by atoms with Crippen LogP contribution in [-0.2, 0) is 33.9 Å². The maximum atomic E-state index is 14.6. The molecule has 4 aromatic carbocycles. The van der Waals surface area contributed by atoms with E-state index in [0.717, 1.165) is 46.6 Å². The van der Waals surface area contributed by atoms with Gasteiger partial charge in [0.2, 0.25) is 12.3 Å². The van der Waals surface area contributed by atoms with E-state index in [1.54, 1.807) is 36.2 Å². The Morgan fingerprint density at radius 1 is 0.842 bits per heavy atom. The maximum absolute atomic E-state index is 14.6. The molecule has 5 rings (SSSR count). The standard InChI is InChI=1S/C47H59N5O5/c1-46(2,3)25-33(23-38-14-10-11-15-39(38)26-49-31-54)28-51(27-32-16-17-34-12-8-9-13-37(34)22-32)44(56)36-20-18-35(19-21-36)43(55)50-40-24-41(30-53)52(29-40)45(57)42(48-7)47(4,5)6/h8-22,30-31,33,40-42,48H,23-29H2,1-7H3,(H,49,54)(H,50,55). The van der Waals surface area contributed by atoms with E-state index in [0.29, 0.717) is 43.6 Å². The first-order valence-corrected chi connectivity index (χ1v) is 19.9. The normalized spacial score (nSPS) is 16.8. The Kier molecular flexibility index (Phi) is 14.1. The molecule has 3 N–H and O–H groups in total. The molecule has 1 heterocycles. The molecule has 4 unspecified atom stereocenters. The quantitative estimate of drug-likeness (QED) is 0.111. The van der Waals surface area contributed by atoms with Crippen LogP contribution in [0.1, 0.15) is 91.8 Å². The van der Waals surface area contributed by atoms with E-state index < -0.39 is 18.1 Å². The molecule has 57 heavy (non-hydrogen) atoms. The van der Waals surface area contributed by atoms with Gasteiger partial charge in [-0.25, -0.2) is 0 Å². The number of amides is 4. The zero-order valence-corrected chi connectivity index (χ0v) is 34.5. The van der Waals surface area contributed by atoms with Gasteiger partial charge in [0, 0.05) is 43.3 Å². The van der Waals surface area contributed by atoms with Crippen molar-refractivity contribution in [2.45, 2.75) is 92.0 Å². The van der Waals surface area contributed by atoms with Crippen LogP contribution >= 0.6 is 0 Å². The molecule has 1 aliphatic rings. The number of carbonyl (C=O) groups excluding carboxylic acids is 5. The predicted molar refractivity (Wildman–Crippen MR) is 225 cm³/mol. The summed E-state index contributed by atoms with van der Waals surface area (Å²) in [4.78, 5) is 68.1. The summed E-state index contributed by atoms with van der Waals surface area (Å²) in [5, 5.41) is 11.1. The average Bonchev–Trinajstić information content (AvgIpc) is 3.58. The molecule has 1 saturated heterocycles. The van der Waals surface area contributed by atoms with Crippen LogP contribution in [0.15, 0.2) is 91.0 Å². The largest absolute Gasteiger partial charge is 0.355 e. The van der Waals surface area contributed by atoms with E-state index in [1.807, 2.05) is 56.0 Å². The van der Waals surface area contributed by atoms with Gasteiger partial charge >= 0.3 is 0 Å². The van der Waals surface area contributed by atoms with Crippen LogP contribution < -0.4 is 16.0 Å². The summed E-state index contributed by atoms with van der Waals surface area (Å²) in [7, 11) is 1.73. The third kappa shape index (κ3) is 11.4. The Morgan fingerprint density at radius 2 is 1.49 bits per heavy atom. The highest BCUT2D eigenvalue weighted by Gasteiger charge is 2.41. The Morgan fingerprint density at radius 3 is 2.12 bits per heavy atom. The molecule has 0 aliphatic carbocycles. The van der Waals surface area contributed by atoms with Gasteiger partial charge in [-0.1, -0.05) is 102 Å². The molecule has 1 aliphatic heterocycles. The zero-order chi connectivity index (χ0) is 41.3. The number of hydrogen-bond acceptors (Lipinski definition) is 6. The van der Waals surface area contributed by atoms with E-state index in [4.69, 9.17) is 0 Å². The van der Waals surface area contributed by atoms with Crippen LogP contribution in [-0.4, -0.2) is 78.5 Å². The van der Waals surface area contributed by atoms with Crippen LogP contribution in [0.25, 0.3) is 10.8 Å². The first kappa shape index (κ1) is 42.8. The number of hydrogen-bond donors (Lipinski definition) is 3. The van der Waals surface area contributed by atoms with Crippen LogP contribution in [0.2, 0.25) is 0 Å². The van der Waals surface area contributed by atoms with E-state index in [9.17, 15) is 24.0 Å². The van der Waals surface area contributed by atoms with Gasteiger partial charge in [0.05, 0.1) is 12.1 Å². The maximum Gasteiger partial charge on any atom is 0.254 e. The van der Waals surface area contributed by atoms with Crippen molar-refractivity contribution in [1.82, 2.24) is 25.8 Å². The summed E-state index contributed by atoms with van der Waals surface area (Å²) in [6.45, 7) is 14.1. The number of aldehydes is 1. The van der Waals surface area contributed by atoms with Crippen LogP contribution in [0.4, 0.5) is 0 Å².